The number of ether oxygens (including phenoxy) is 1. The summed E-state index contributed by atoms with van der Waals surface area (Å²) in [5, 5.41) is 11.0. The molecule has 1 heterocycles. The summed E-state index contributed by atoms with van der Waals surface area (Å²) >= 11 is 0. The molecule has 4 aromatic rings. The number of aromatic nitrogens is 1. The Hall–Kier alpha value is -3.74. The van der Waals surface area contributed by atoms with Gasteiger partial charge in [0.25, 0.3) is 0 Å². The average molecular weight is 473 g/mol. The summed E-state index contributed by atoms with van der Waals surface area (Å²) in [5.41, 5.74) is 5.74. The van der Waals surface area contributed by atoms with Gasteiger partial charge >= 0.3 is 0 Å². The second-order valence-corrected chi connectivity index (χ2v) is 8.34. The second kappa shape index (κ2) is 12.6. The number of hydrogen-bond acceptors (Lipinski definition) is 4. The molecule has 4 rings (SSSR count). The summed E-state index contributed by atoms with van der Waals surface area (Å²) in [4.78, 5) is 23.7. The average Bonchev–Trinajstić information content (AvgIpc) is 3.26. The van der Waals surface area contributed by atoms with Crippen LogP contribution in [-0.2, 0) is 16.1 Å². The fraction of sp³-hybridized carbons (Fsp3) is 0.241. The molecular weight excluding hydrogens is 440 g/mol. The number of aliphatic hydroxyl groups excluding tert-OH is 1. The third-order valence-electron chi connectivity index (χ3n) is 5.69. The minimum absolute atomic E-state index is 0.0171. The van der Waals surface area contributed by atoms with Gasteiger partial charge in [-0.05, 0) is 29.2 Å². The molecule has 0 radical (unpaired) electrons. The number of aliphatic hydroxyl groups is 1. The van der Waals surface area contributed by atoms with E-state index in [1.54, 1.807) is 0 Å². The van der Waals surface area contributed by atoms with Crippen LogP contribution >= 0.6 is 0 Å². The van der Waals surface area contributed by atoms with Crippen LogP contribution in [0.25, 0.3) is 22.0 Å². The van der Waals surface area contributed by atoms with Crippen molar-refractivity contribution in [3.05, 3.63) is 90.1 Å². The first-order valence-electron chi connectivity index (χ1n) is 11.6. The molecule has 0 aliphatic heterocycles. The second-order valence-electron chi connectivity index (χ2n) is 8.34. The van der Waals surface area contributed by atoms with Gasteiger partial charge in [0.1, 0.15) is 12.9 Å². The van der Waals surface area contributed by atoms with Crippen LogP contribution in [-0.4, -0.2) is 42.2 Å². The Morgan fingerprint density at radius 2 is 1.74 bits per heavy atom. The van der Waals surface area contributed by atoms with Crippen molar-refractivity contribution in [3.63, 3.8) is 0 Å². The number of carbonyl (C=O) groups is 2. The minimum Gasteiger partial charge on any atom is -0.400 e. The summed E-state index contributed by atoms with van der Waals surface area (Å²) in [6.45, 7) is 5.13. The number of rotatable bonds is 9. The molecule has 35 heavy (non-hydrogen) atoms. The lowest BCUT2D eigenvalue weighted by atomic mass is 10.0. The highest BCUT2D eigenvalue weighted by Crippen LogP contribution is 2.31. The zero-order valence-electron chi connectivity index (χ0n) is 20.4. The first-order valence-corrected chi connectivity index (χ1v) is 11.6. The van der Waals surface area contributed by atoms with E-state index in [-0.39, 0.29) is 12.5 Å². The predicted molar refractivity (Wildman–Crippen MR) is 141 cm³/mol. The van der Waals surface area contributed by atoms with Crippen molar-refractivity contribution >= 4 is 28.8 Å². The summed E-state index contributed by atoms with van der Waals surface area (Å²) < 4.78 is 7.77. The lowest BCUT2D eigenvalue weighted by Gasteiger charge is -2.13. The molecule has 3 aromatic carbocycles. The van der Waals surface area contributed by atoms with Gasteiger partial charge in [0.15, 0.2) is 0 Å². The highest BCUT2D eigenvalue weighted by Gasteiger charge is 2.12. The quantitative estimate of drug-likeness (QED) is 0.249. The van der Waals surface area contributed by atoms with Crippen molar-refractivity contribution in [2.75, 3.05) is 25.6 Å². The van der Waals surface area contributed by atoms with E-state index in [2.05, 4.69) is 42.1 Å². The van der Waals surface area contributed by atoms with Crippen LogP contribution in [0.1, 0.15) is 35.7 Å². The normalized spacial score (nSPS) is 10.7. The molecule has 6 heteroatoms. The SMILES string of the molecule is CC(C)c1ccccc1NC(=O)COCCn1cc(-c2ccccc2)c2ccc(C=O)cc21.CO. The van der Waals surface area contributed by atoms with Crippen LogP contribution in [0.3, 0.4) is 0 Å². The summed E-state index contributed by atoms with van der Waals surface area (Å²) in [6, 6.07) is 23.7. The fourth-order valence-electron chi connectivity index (χ4n) is 4.04. The van der Waals surface area contributed by atoms with E-state index in [0.29, 0.717) is 24.6 Å². The molecule has 0 saturated heterocycles. The molecule has 0 unspecified atom stereocenters. The maximum absolute atomic E-state index is 12.4. The Kier molecular flexibility index (Phi) is 9.35. The Morgan fingerprint density at radius 3 is 2.46 bits per heavy atom. The summed E-state index contributed by atoms with van der Waals surface area (Å²) in [6.07, 6.45) is 2.94. The number of para-hydroxylation sites is 1. The molecule has 6 nitrogen and oxygen atoms in total. The van der Waals surface area contributed by atoms with Gasteiger partial charge in [0, 0.05) is 47.6 Å². The van der Waals surface area contributed by atoms with E-state index in [4.69, 9.17) is 9.84 Å². The standard InChI is InChI=1S/C28H28N2O3.CH4O/c1-20(2)23-10-6-7-11-26(23)29-28(32)19-33-15-14-30-17-25(22-8-4-3-5-9-22)24-13-12-21(18-31)16-27(24)30;1-2/h3-13,16-18,20H,14-15,19H2,1-2H3,(H,29,32);2H,1H3. The van der Waals surface area contributed by atoms with Gasteiger partial charge < -0.3 is 19.7 Å². The highest BCUT2D eigenvalue weighted by atomic mass is 16.5. The van der Waals surface area contributed by atoms with Crippen LogP contribution in [0.15, 0.2) is 79.0 Å². The molecule has 0 aliphatic carbocycles. The number of nitrogens with one attached hydrogen (secondary N) is 1. The van der Waals surface area contributed by atoms with Crippen LogP contribution in [0.2, 0.25) is 0 Å². The smallest absolute Gasteiger partial charge is 0.250 e. The third kappa shape index (κ3) is 6.44. The monoisotopic (exact) mass is 472 g/mol. The third-order valence-corrected chi connectivity index (χ3v) is 5.69. The molecule has 0 atom stereocenters. The zero-order valence-corrected chi connectivity index (χ0v) is 20.4. The van der Waals surface area contributed by atoms with Crippen LogP contribution in [0, 0.1) is 0 Å². The maximum Gasteiger partial charge on any atom is 0.250 e. The number of amides is 1. The number of carbonyl (C=O) groups excluding carboxylic acids is 2. The van der Waals surface area contributed by atoms with E-state index in [1.807, 2.05) is 60.7 Å². The van der Waals surface area contributed by atoms with E-state index in [1.165, 1.54) is 0 Å². The highest BCUT2D eigenvalue weighted by molar-refractivity contribution is 5.98. The molecule has 0 fully saturated rings. The van der Waals surface area contributed by atoms with Crippen molar-refractivity contribution in [3.8, 4) is 11.1 Å². The zero-order chi connectivity index (χ0) is 25.2. The molecule has 0 spiro atoms. The number of fused-ring (bicyclic) bond motifs is 1. The Balaban J connectivity index is 0.00000167. The number of nitrogens with zero attached hydrogens (tertiary/aromatic N) is 1. The van der Waals surface area contributed by atoms with Gasteiger partial charge in [-0.2, -0.15) is 0 Å². The van der Waals surface area contributed by atoms with E-state index < -0.39 is 0 Å². The van der Waals surface area contributed by atoms with Crippen LogP contribution in [0.4, 0.5) is 5.69 Å². The summed E-state index contributed by atoms with van der Waals surface area (Å²) in [7, 11) is 1.00. The van der Waals surface area contributed by atoms with E-state index >= 15 is 0 Å². The van der Waals surface area contributed by atoms with E-state index in [9.17, 15) is 9.59 Å². The molecule has 182 valence electrons. The van der Waals surface area contributed by atoms with Crippen LogP contribution < -0.4 is 5.32 Å². The van der Waals surface area contributed by atoms with Crippen molar-refractivity contribution in [2.24, 2.45) is 0 Å². The largest absolute Gasteiger partial charge is 0.400 e. The lowest BCUT2D eigenvalue weighted by molar-refractivity contribution is -0.120. The molecule has 1 amide bonds. The van der Waals surface area contributed by atoms with Gasteiger partial charge in [-0.1, -0.05) is 74.5 Å². The fourth-order valence-corrected chi connectivity index (χ4v) is 4.04. The topological polar surface area (TPSA) is 80.6 Å². The molecule has 0 saturated carbocycles. The molecular formula is C29H32N2O4. The van der Waals surface area contributed by atoms with Gasteiger partial charge in [-0.15, -0.1) is 0 Å². The van der Waals surface area contributed by atoms with Gasteiger partial charge in [0.05, 0.1) is 6.61 Å². The molecule has 1 aromatic heterocycles. The van der Waals surface area contributed by atoms with Crippen molar-refractivity contribution in [2.45, 2.75) is 26.3 Å². The predicted octanol–water partition coefficient (Wildman–Crippen LogP) is 5.51. The Labute approximate surface area is 206 Å². The van der Waals surface area contributed by atoms with Crippen LogP contribution in [0.5, 0.6) is 0 Å². The molecule has 0 bridgehead atoms. The minimum atomic E-state index is -0.173. The number of benzene rings is 3. The number of hydrogen-bond donors (Lipinski definition) is 2. The lowest BCUT2D eigenvalue weighted by Crippen LogP contribution is -2.20. The van der Waals surface area contributed by atoms with Crippen molar-refractivity contribution in [1.82, 2.24) is 4.57 Å². The number of aldehydes is 1. The Morgan fingerprint density at radius 1 is 1.03 bits per heavy atom. The summed E-state index contributed by atoms with van der Waals surface area (Å²) in [5.74, 6) is 0.146. The first kappa shape index (κ1) is 25.9. The van der Waals surface area contributed by atoms with Gasteiger partial charge in [-0.25, -0.2) is 0 Å². The first-order chi connectivity index (χ1) is 17.1. The molecule has 0 aliphatic rings. The number of anilines is 1. The van der Waals surface area contributed by atoms with Crippen molar-refractivity contribution < 1.29 is 19.4 Å². The van der Waals surface area contributed by atoms with E-state index in [0.717, 1.165) is 46.7 Å². The van der Waals surface area contributed by atoms with Gasteiger partial charge in [0.2, 0.25) is 5.91 Å². The van der Waals surface area contributed by atoms with Crippen molar-refractivity contribution in [1.29, 1.82) is 0 Å². The van der Waals surface area contributed by atoms with Gasteiger partial charge in [-0.3, -0.25) is 9.59 Å². The Bertz CT molecular complexity index is 1260. The molecule has 2 N–H and O–H groups in total. The maximum atomic E-state index is 12.4.